The molecule has 0 aliphatic heterocycles. The van der Waals surface area contributed by atoms with E-state index in [9.17, 15) is 26.7 Å². The maximum Gasteiger partial charge on any atom is 0.296 e. The molecular weight excluding hydrogens is 790 g/mol. The van der Waals surface area contributed by atoms with Crippen LogP contribution in [0.25, 0.3) is 0 Å². The summed E-state index contributed by atoms with van der Waals surface area (Å²) in [6.45, 7) is 5.53. The SMILES string of the molecule is C=CS(=O)(=O)CCNc1nc(NCCCOC)c(/N=N/c2cc(Nc3nc(Cl)nc(Nc4cccc(SOOO)c4)n3)ccc2S(=O)(=O)O)c(C)c1C#N. The van der Waals surface area contributed by atoms with Crippen LogP contribution in [0.5, 0.6) is 0 Å². The van der Waals surface area contributed by atoms with Crippen LogP contribution in [0.3, 0.4) is 0 Å². The van der Waals surface area contributed by atoms with Crippen molar-refractivity contribution in [2.24, 2.45) is 10.2 Å². The topological polar surface area (TPSA) is 285 Å². The van der Waals surface area contributed by atoms with E-state index in [2.05, 4.69) is 67.4 Å². The van der Waals surface area contributed by atoms with E-state index in [4.69, 9.17) is 21.6 Å². The third-order valence-corrected chi connectivity index (χ3v) is 9.81. The lowest BCUT2D eigenvalue weighted by Gasteiger charge is -2.15. The number of nitriles is 1. The monoisotopic (exact) mass is 821 g/mol. The molecule has 4 aromatic rings. The van der Waals surface area contributed by atoms with Crippen LogP contribution < -0.4 is 21.3 Å². The first-order valence-corrected chi connectivity index (χ1v) is 19.5. The molecule has 0 aliphatic rings. The second kappa shape index (κ2) is 19.3. The summed E-state index contributed by atoms with van der Waals surface area (Å²) < 4.78 is 68.1. The molecule has 0 atom stereocenters. The van der Waals surface area contributed by atoms with Crippen molar-refractivity contribution in [2.45, 2.75) is 23.1 Å². The molecule has 0 radical (unpaired) electrons. The van der Waals surface area contributed by atoms with Crippen molar-refractivity contribution in [1.29, 1.82) is 5.26 Å². The molecule has 20 nitrogen and oxygen atoms in total. The van der Waals surface area contributed by atoms with E-state index in [1.807, 2.05) is 6.07 Å². The number of rotatable bonds is 20. The minimum Gasteiger partial charge on any atom is -0.385 e. The summed E-state index contributed by atoms with van der Waals surface area (Å²) in [5.41, 5.74) is 0.762. The molecule has 54 heavy (non-hydrogen) atoms. The van der Waals surface area contributed by atoms with Crippen molar-refractivity contribution in [1.82, 2.24) is 19.9 Å². The number of nitrogens with zero attached hydrogens (tertiary/aromatic N) is 7. The Hall–Kier alpha value is -5.03. The number of methoxy groups -OCH3 is 1. The van der Waals surface area contributed by atoms with Gasteiger partial charge in [-0.3, -0.25) is 4.55 Å². The van der Waals surface area contributed by atoms with Gasteiger partial charge in [0.15, 0.2) is 15.7 Å². The Morgan fingerprint density at radius 3 is 2.35 bits per heavy atom. The standard InChI is InChI=1S/C30H32ClN11O9S3/c1-4-53(44,45)14-12-34-26-22(17-32)18(2)25(27(37-26)33-11-6-13-49-3)42-41-23-16-20(9-10-24(23)54(46,47)48)36-30-39-28(31)38-29(40-30)35-19-7-5-8-21(15-19)52-51-50-43/h4-5,7-10,15-16,43H,1,6,11-14H2,2-3H3,(H2,33,34,37)(H,46,47,48)(H2,35,36,38,39,40)/b42-41+. The Kier molecular flexibility index (Phi) is 14.9. The largest absolute Gasteiger partial charge is 0.385 e. The Balaban J connectivity index is 1.69. The molecule has 0 bridgehead atoms. The highest BCUT2D eigenvalue weighted by Gasteiger charge is 2.20. The predicted molar refractivity (Wildman–Crippen MR) is 200 cm³/mol. The maximum absolute atomic E-state index is 12.4. The molecule has 2 aromatic carbocycles. The van der Waals surface area contributed by atoms with E-state index >= 15 is 0 Å². The second-order valence-corrected chi connectivity index (χ2v) is 15.2. The van der Waals surface area contributed by atoms with Crippen LogP contribution in [-0.2, 0) is 34.1 Å². The van der Waals surface area contributed by atoms with Gasteiger partial charge in [-0.1, -0.05) is 17.7 Å². The van der Waals surface area contributed by atoms with Gasteiger partial charge in [-0.05, 0) is 61.3 Å². The Morgan fingerprint density at radius 1 is 1.00 bits per heavy atom. The Labute approximate surface area is 318 Å². The summed E-state index contributed by atoms with van der Waals surface area (Å²) in [6, 6.07) is 12.4. The smallest absolute Gasteiger partial charge is 0.296 e. The number of benzene rings is 2. The molecular formula is C30H32ClN11O9S3. The molecule has 0 amide bonds. The average molecular weight is 822 g/mol. The number of nitrogens with one attached hydrogen (secondary N) is 4. The van der Waals surface area contributed by atoms with Gasteiger partial charge in [-0.2, -0.15) is 28.6 Å². The molecule has 0 saturated carbocycles. The molecule has 286 valence electrons. The third kappa shape index (κ3) is 12.0. The zero-order valence-corrected chi connectivity index (χ0v) is 31.6. The van der Waals surface area contributed by atoms with Gasteiger partial charge in [0.2, 0.25) is 17.2 Å². The number of hydrogen-bond donors (Lipinski definition) is 6. The van der Waals surface area contributed by atoms with Crippen LogP contribution in [0, 0.1) is 18.3 Å². The van der Waals surface area contributed by atoms with Gasteiger partial charge >= 0.3 is 0 Å². The summed E-state index contributed by atoms with van der Waals surface area (Å²) in [6.07, 6.45) is 0.549. The van der Waals surface area contributed by atoms with E-state index in [1.165, 1.54) is 19.2 Å². The van der Waals surface area contributed by atoms with Crippen molar-refractivity contribution in [3.05, 3.63) is 70.9 Å². The fraction of sp³-hybridized carbons (Fsp3) is 0.233. The number of hydrogen-bond acceptors (Lipinski definition) is 20. The molecule has 24 heteroatoms. The van der Waals surface area contributed by atoms with Gasteiger partial charge in [-0.25, -0.2) is 18.7 Å². The van der Waals surface area contributed by atoms with Crippen LogP contribution in [0.2, 0.25) is 5.28 Å². The van der Waals surface area contributed by atoms with Crippen molar-refractivity contribution in [3.8, 4) is 6.07 Å². The third-order valence-electron chi connectivity index (χ3n) is 6.89. The van der Waals surface area contributed by atoms with E-state index in [0.717, 1.165) is 23.5 Å². The van der Waals surface area contributed by atoms with Crippen LogP contribution >= 0.6 is 23.6 Å². The molecule has 4 rings (SSSR count). The highest BCUT2D eigenvalue weighted by molar-refractivity contribution is 7.94. The highest BCUT2D eigenvalue weighted by Crippen LogP contribution is 2.37. The normalized spacial score (nSPS) is 11.6. The number of pyridine rings is 1. The number of azo groups is 1. The van der Waals surface area contributed by atoms with Crippen molar-refractivity contribution < 1.29 is 40.8 Å². The lowest BCUT2D eigenvalue weighted by atomic mass is 10.1. The van der Waals surface area contributed by atoms with Crippen LogP contribution in [0.15, 0.2) is 74.5 Å². The fourth-order valence-electron chi connectivity index (χ4n) is 4.42. The molecule has 0 saturated heterocycles. The summed E-state index contributed by atoms with van der Waals surface area (Å²) >= 11 is 6.90. The summed E-state index contributed by atoms with van der Waals surface area (Å²) in [7, 11) is -6.82. The number of sulfone groups is 1. The predicted octanol–water partition coefficient (Wildman–Crippen LogP) is 6.10. The van der Waals surface area contributed by atoms with Gasteiger partial charge < -0.3 is 26.0 Å². The van der Waals surface area contributed by atoms with Crippen LogP contribution in [0.1, 0.15) is 17.5 Å². The average Bonchev–Trinajstić information content (AvgIpc) is 3.11. The molecule has 0 unspecified atom stereocenters. The lowest BCUT2D eigenvalue weighted by Crippen LogP contribution is -2.16. The van der Waals surface area contributed by atoms with E-state index in [0.29, 0.717) is 30.2 Å². The van der Waals surface area contributed by atoms with E-state index in [-0.39, 0.29) is 69.3 Å². The number of aromatic nitrogens is 4. The first kappa shape index (κ1) is 41.7. The van der Waals surface area contributed by atoms with Crippen LogP contribution in [-0.4, -0.2) is 79.1 Å². The lowest BCUT2D eigenvalue weighted by molar-refractivity contribution is -0.432. The van der Waals surface area contributed by atoms with Gasteiger partial charge in [0.25, 0.3) is 10.1 Å². The first-order chi connectivity index (χ1) is 25.8. The Bertz CT molecular complexity index is 2280. The van der Waals surface area contributed by atoms with Gasteiger partial charge in [0.05, 0.1) is 23.4 Å². The van der Waals surface area contributed by atoms with Crippen LogP contribution in [0.4, 0.5) is 46.3 Å². The van der Waals surface area contributed by atoms with Gasteiger partial charge in [0, 0.05) is 54.0 Å². The Morgan fingerprint density at radius 2 is 1.70 bits per heavy atom. The van der Waals surface area contributed by atoms with Crippen molar-refractivity contribution >= 4 is 89.9 Å². The van der Waals surface area contributed by atoms with E-state index < -0.39 is 24.9 Å². The molecule has 0 spiro atoms. The minimum atomic E-state index is -4.82. The van der Waals surface area contributed by atoms with Crippen molar-refractivity contribution in [3.63, 3.8) is 0 Å². The zero-order chi connectivity index (χ0) is 39.3. The molecule has 6 N–H and O–H groups in total. The van der Waals surface area contributed by atoms with Crippen molar-refractivity contribution in [2.75, 3.05) is 53.8 Å². The number of anilines is 6. The fourth-order valence-corrected chi connectivity index (χ4v) is 6.15. The quantitative estimate of drug-likeness (QED) is 0.0147. The maximum atomic E-state index is 12.4. The molecule has 0 aliphatic carbocycles. The molecule has 0 fully saturated rings. The van der Waals surface area contributed by atoms with Gasteiger partial charge in [0.1, 0.15) is 28.2 Å². The zero-order valence-electron chi connectivity index (χ0n) is 28.3. The van der Waals surface area contributed by atoms with Gasteiger partial charge in [-0.15, -0.1) is 14.6 Å². The first-order valence-electron chi connectivity index (χ1n) is 15.3. The number of ether oxygens (including phenoxy) is 1. The minimum absolute atomic E-state index is 0.0236. The molecule has 2 aromatic heterocycles. The number of halogens is 1. The summed E-state index contributed by atoms with van der Waals surface area (Å²) in [4.78, 5) is 16.8. The summed E-state index contributed by atoms with van der Waals surface area (Å²) in [5.74, 6) is -0.123. The molecule has 2 heterocycles. The highest BCUT2D eigenvalue weighted by atomic mass is 35.5. The second-order valence-electron chi connectivity index (χ2n) is 10.6. The summed E-state index contributed by atoms with van der Waals surface area (Å²) in [5, 5.41) is 42.8. The van der Waals surface area contributed by atoms with E-state index in [1.54, 1.807) is 31.2 Å².